The molecule has 0 spiro atoms. The first-order chi connectivity index (χ1) is 8.61. The SMILES string of the molecule is CCN(c1ccc(CNC(C)C)cc1Cl)C1CC1. The lowest BCUT2D eigenvalue weighted by atomic mass is 10.1. The summed E-state index contributed by atoms with van der Waals surface area (Å²) in [5.74, 6) is 0. The van der Waals surface area contributed by atoms with Gasteiger partial charge in [0, 0.05) is 25.2 Å². The molecule has 0 heterocycles. The van der Waals surface area contributed by atoms with Crippen molar-refractivity contribution in [2.24, 2.45) is 0 Å². The largest absolute Gasteiger partial charge is 0.368 e. The van der Waals surface area contributed by atoms with Gasteiger partial charge in [0.1, 0.15) is 0 Å². The zero-order valence-electron chi connectivity index (χ0n) is 11.5. The smallest absolute Gasteiger partial charge is 0.0642 e. The van der Waals surface area contributed by atoms with Gasteiger partial charge in [-0.25, -0.2) is 0 Å². The van der Waals surface area contributed by atoms with Gasteiger partial charge < -0.3 is 10.2 Å². The average Bonchev–Trinajstić information content (AvgIpc) is 3.14. The van der Waals surface area contributed by atoms with Gasteiger partial charge in [-0.3, -0.25) is 0 Å². The van der Waals surface area contributed by atoms with Crippen LogP contribution >= 0.6 is 11.6 Å². The van der Waals surface area contributed by atoms with E-state index >= 15 is 0 Å². The zero-order valence-corrected chi connectivity index (χ0v) is 12.3. The van der Waals surface area contributed by atoms with Crippen molar-refractivity contribution in [3.63, 3.8) is 0 Å². The molecule has 0 aromatic heterocycles. The van der Waals surface area contributed by atoms with Crippen molar-refractivity contribution in [3.8, 4) is 0 Å². The molecule has 0 radical (unpaired) electrons. The Bertz CT molecular complexity index is 399. The van der Waals surface area contributed by atoms with Crippen LogP contribution in [0.2, 0.25) is 5.02 Å². The summed E-state index contributed by atoms with van der Waals surface area (Å²) in [5.41, 5.74) is 2.44. The lowest BCUT2D eigenvalue weighted by Crippen LogP contribution is -2.25. The molecule has 1 N–H and O–H groups in total. The Morgan fingerprint density at radius 2 is 2.11 bits per heavy atom. The molecule has 100 valence electrons. The van der Waals surface area contributed by atoms with E-state index in [1.807, 2.05) is 0 Å². The Hall–Kier alpha value is -0.730. The van der Waals surface area contributed by atoms with Crippen molar-refractivity contribution < 1.29 is 0 Å². The Kier molecular flexibility index (Phi) is 4.52. The summed E-state index contributed by atoms with van der Waals surface area (Å²) in [4.78, 5) is 2.42. The molecule has 2 nitrogen and oxygen atoms in total. The van der Waals surface area contributed by atoms with Crippen LogP contribution in [0.25, 0.3) is 0 Å². The van der Waals surface area contributed by atoms with E-state index in [4.69, 9.17) is 11.6 Å². The molecule has 1 aliphatic rings. The van der Waals surface area contributed by atoms with Gasteiger partial charge in [-0.15, -0.1) is 0 Å². The topological polar surface area (TPSA) is 15.3 Å². The Morgan fingerprint density at radius 3 is 2.61 bits per heavy atom. The second-order valence-corrected chi connectivity index (χ2v) is 5.75. The molecule has 18 heavy (non-hydrogen) atoms. The lowest BCUT2D eigenvalue weighted by molar-refractivity contribution is 0.589. The molecule has 0 aliphatic heterocycles. The van der Waals surface area contributed by atoms with Crippen LogP contribution < -0.4 is 10.2 Å². The minimum Gasteiger partial charge on any atom is -0.368 e. The van der Waals surface area contributed by atoms with Crippen LogP contribution in [0, 0.1) is 0 Å². The van der Waals surface area contributed by atoms with E-state index in [2.05, 4.69) is 49.2 Å². The Balaban J connectivity index is 2.08. The highest BCUT2D eigenvalue weighted by Gasteiger charge is 2.29. The van der Waals surface area contributed by atoms with Gasteiger partial charge in [0.05, 0.1) is 10.7 Å². The third kappa shape index (κ3) is 3.39. The van der Waals surface area contributed by atoms with Crippen LogP contribution in [0.4, 0.5) is 5.69 Å². The molecule has 0 unspecified atom stereocenters. The molecule has 0 amide bonds. The summed E-state index contributed by atoms with van der Waals surface area (Å²) >= 11 is 6.42. The fraction of sp³-hybridized carbons (Fsp3) is 0.600. The van der Waals surface area contributed by atoms with Crippen LogP contribution in [0.1, 0.15) is 39.2 Å². The predicted molar refractivity (Wildman–Crippen MR) is 79.5 cm³/mol. The predicted octanol–water partition coefficient (Wildman–Crippen LogP) is 3.83. The van der Waals surface area contributed by atoms with Crippen molar-refractivity contribution in [2.45, 2.75) is 52.2 Å². The molecule has 1 aliphatic carbocycles. The van der Waals surface area contributed by atoms with Gasteiger partial charge >= 0.3 is 0 Å². The van der Waals surface area contributed by atoms with E-state index < -0.39 is 0 Å². The summed E-state index contributed by atoms with van der Waals surface area (Å²) in [7, 11) is 0. The van der Waals surface area contributed by atoms with Crippen LogP contribution in [-0.4, -0.2) is 18.6 Å². The first-order valence-electron chi connectivity index (χ1n) is 6.90. The fourth-order valence-electron chi connectivity index (χ4n) is 2.23. The monoisotopic (exact) mass is 266 g/mol. The van der Waals surface area contributed by atoms with E-state index in [9.17, 15) is 0 Å². The van der Waals surface area contributed by atoms with Crippen molar-refractivity contribution in [3.05, 3.63) is 28.8 Å². The number of anilines is 1. The standard InChI is InChI=1S/C15H23ClN2/c1-4-18(13-6-7-13)15-8-5-12(9-14(15)16)10-17-11(2)3/h5,8-9,11,13,17H,4,6-7,10H2,1-3H3. The van der Waals surface area contributed by atoms with Gasteiger partial charge in [0.25, 0.3) is 0 Å². The molecule has 0 saturated heterocycles. The van der Waals surface area contributed by atoms with Crippen molar-refractivity contribution >= 4 is 17.3 Å². The van der Waals surface area contributed by atoms with Gasteiger partial charge in [-0.1, -0.05) is 31.5 Å². The number of rotatable bonds is 6. The first-order valence-corrected chi connectivity index (χ1v) is 7.28. The van der Waals surface area contributed by atoms with E-state index in [0.29, 0.717) is 12.1 Å². The summed E-state index contributed by atoms with van der Waals surface area (Å²) < 4.78 is 0. The molecule has 1 saturated carbocycles. The maximum Gasteiger partial charge on any atom is 0.0642 e. The van der Waals surface area contributed by atoms with Crippen LogP contribution in [0.3, 0.4) is 0 Å². The highest BCUT2D eigenvalue weighted by molar-refractivity contribution is 6.33. The number of hydrogen-bond donors (Lipinski definition) is 1. The van der Waals surface area contributed by atoms with Gasteiger partial charge in [0.2, 0.25) is 0 Å². The quantitative estimate of drug-likeness (QED) is 0.842. The second kappa shape index (κ2) is 5.94. The fourth-order valence-corrected chi connectivity index (χ4v) is 2.54. The molecular formula is C15H23ClN2. The van der Waals surface area contributed by atoms with Crippen molar-refractivity contribution in [1.29, 1.82) is 0 Å². The molecule has 3 heteroatoms. The average molecular weight is 267 g/mol. The number of nitrogens with zero attached hydrogens (tertiary/aromatic N) is 1. The highest BCUT2D eigenvalue weighted by atomic mass is 35.5. The molecule has 1 aromatic rings. The number of benzene rings is 1. The Morgan fingerprint density at radius 1 is 1.39 bits per heavy atom. The van der Waals surface area contributed by atoms with Gasteiger partial charge in [-0.2, -0.15) is 0 Å². The zero-order chi connectivity index (χ0) is 13.1. The van der Waals surface area contributed by atoms with Crippen molar-refractivity contribution in [2.75, 3.05) is 11.4 Å². The molecule has 1 aromatic carbocycles. The first kappa shape index (κ1) is 13.7. The maximum absolute atomic E-state index is 6.42. The van der Waals surface area contributed by atoms with E-state index in [-0.39, 0.29) is 0 Å². The summed E-state index contributed by atoms with van der Waals surface area (Å²) in [5, 5.41) is 4.30. The van der Waals surface area contributed by atoms with Crippen LogP contribution in [-0.2, 0) is 6.54 Å². The summed E-state index contributed by atoms with van der Waals surface area (Å²) in [6.07, 6.45) is 2.61. The van der Waals surface area contributed by atoms with Crippen LogP contribution in [0.15, 0.2) is 18.2 Å². The molecule has 0 atom stereocenters. The lowest BCUT2D eigenvalue weighted by Gasteiger charge is -2.24. The molecule has 0 bridgehead atoms. The molecule has 2 rings (SSSR count). The number of hydrogen-bond acceptors (Lipinski definition) is 2. The van der Waals surface area contributed by atoms with Gasteiger partial charge in [-0.05, 0) is 37.5 Å². The van der Waals surface area contributed by atoms with E-state index in [0.717, 1.165) is 18.1 Å². The minimum atomic E-state index is 0.502. The summed E-state index contributed by atoms with van der Waals surface area (Å²) in [6.45, 7) is 8.42. The number of nitrogens with one attached hydrogen (secondary N) is 1. The normalized spacial score (nSPS) is 15.2. The third-order valence-corrected chi connectivity index (χ3v) is 3.67. The maximum atomic E-state index is 6.42. The van der Waals surface area contributed by atoms with E-state index in [1.165, 1.54) is 24.1 Å². The summed E-state index contributed by atoms with van der Waals surface area (Å²) in [6, 6.07) is 7.66. The van der Waals surface area contributed by atoms with Gasteiger partial charge in [0.15, 0.2) is 0 Å². The second-order valence-electron chi connectivity index (χ2n) is 5.34. The van der Waals surface area contributed by atoms with E-state index in [1.54, 1.807) is 0 Å². The minimum absolute atomic E-state index is 0.502. The Labute approximate surface area is 115 Å². The van der Waals surface area contributed by atoms with Crippen molar-refractivity contribution in [1.82, 2.24) is 5.32 Å². The number of halogens is 1. The van der Waals surface area contributed by atoms with Crippen LogP contribution in [0.5, 0.6) is 0 Å². The molecular weight excluding hydrogens is 244 g/mol. The highest BCUT2D eigenvalue weighted by Crippen LogP contribution is 2.35. The molecule has 1 fully saturated rings. The third-order valence-electron chi connectivity index (χ3n) is 3.36.